The molecule has 0 radical (unpaired) electrons. The summed E-state index contributed by atoms with van der Waals surface area (Å²) in [6.07, 6.45) is 1.76. The van der Waals surface area contributed by atoms with Gasteiger partial charge in [-0.3, -0.25) is 9.88 Å². The molecule has 3 rings (SSSR count). The first-order valence-electron chi connectivity index (χ1n) is 7.89. The largest absolute Gasteiger partial charge is 0.378 e. The number of rotatable bonds is 3. The van der Waals surface area contributed by atoms with Crippen LogP contribution >= 0.6 is 0 Å². The molecule has 5 heteroatoms. The number of urea groups is 1. The fraction of sp³-hybridized carbons (Fsp3) is 0.333. The van der Waals surface area contributed by atoms with E-state index in [-0.39, 0.29) is 12.1 Å². The Morgan fingerprint density at radius 1 is 1.13 bits per heavy atom. The van der Waals surface area contributed by atoms with Crippen LogP contribution < -0.4 is 4.90 Å². The molecule has 1 atom stereocenters. The fourth-order valence-corrected chi connectivity index (χ4v) is 2.75. The van der Waals surface area contributed by atoms with Crippen molar-refractivity contribution >= 4 is 11.7 Å². The number of pyridine rings is 1. The standard InChI is InChI=1S/C18H21N3O2/c1-15(17-9-5-6-10-19-17)21(16-7-3-2-4-8-16)18(22)20-11-13-23-14-12-20/h2-10,15H,11-14H2,1H3. The smallest absolute Gasteiger partial charge is 0.325 e. The molecule has 120 valence electrons. The molecule has 1 fully saturated rings. The number of anilines is 1. The summed E-state index contributed by atoms with van der Waals surface area (Å²) in [6.45, 7) is 4.43. The van der Waals surface area contributed by atoms with Crippen molar-refractivity contribution in [1.82, 2.24) is 9.88 Å². The molecular weight excluding hydrogens is 290 g/mol. The minimum Gasteiger partial charge on any atom is -0.378 e. The SMILES string of the molecule is CC(c1ccccn1)N(C(=O)N1CCOCC1)c1ccccc1. The zero-order chi connectivity index (χ0) is 16.1. The quantitative estimate of drug-likeness (QED) is 0.875. The Labute approximate surface area is 136 Å². The molecule has 2 heterocycles. The number of hydrogen-bond acceptors (Lipinski definition) is 3. The van der Waals surface area contributed by atoms with Crippen LogP contribution in [-0.4, -0.2) is 42.2 Å². The lowest BCUT2D eigenvalue weighted by Gasteiger charge is -2.36. The summed E-state index contributed by atoms with van der Waals surface area (Å²) in [7, 11) is 0. The van der Waals surface area contributed by atoms with Gasteiger partial charge in [0.25, 0.3) is 0 Å². The Balaban J connectivity index is 1.92. The molecule has 2 aromatic rings. The van der Waals surface area contributed by atoms with E-state index in [0.29, 0.717) is 26.3 Å². The molecule has 2 amide bonds. The van der Waals surface area contributed by atoms with Crippen LogP contribution in [0.25, 0.3) is 0 Å². The summed E-state index contributed by atoms with van der Waals surface area (Å²) in [5.74, 6) is 0. The van der Waals surface area contributed by atoms with Crippen LogP contribution in [0.1, 0.15) is 18.7 Å². The summed E-state index contributed by atoms with van der Waals surface area (Å²) < 4.78 is 5.36. The first-order chi connectivity index (χ1) is 11.3. The molecule has 0 aliphatic carbocycles. The second-order valence-electron chi connectivity index (χ2n) is 5.52. The van der Waals surface area contributed by atoms with Crippen molar-refractivity contribution in [3.63, 3.8) is 0 Å². The number of carbonyl (C=O) groups excluding carboxylic acids is 1. The van der Waals surface area contributed by atoms with Crippen LogP contribution in [0.3, 0.4) is 0 Å². The normalized spacial score (nSPS) is 16.0. The highest BCUT2D eigenvalue weighted by molar-refractivity contribution is 5.92. The van der Waals surface area contributed by atoms with Crippen LogP contribution in [0.4, 0.5) is 10.5 Å². The van der Waals surface area contributed by atoms with Crippen molar-refractivity contribution in [3.8, 4) is 0 Å². The molecule has 0 spiro atoms. The average Bonchev–Trinajstić information content (AvgIpc) is 2.64. The van der Waals surface area contributed by atoms with Crippen LogP contribution in [-0.2, 0) is 4.74 Å². The van der Waals surface area contributed by atoms with E-state index in [1.807, 2.05) is 65.3 Å². The van der Waals surface area contributed by atoms with Gasteiger partial charge in [-0.05, 0) is 31.2 Å². The van der Waals surface area contributed by atoms with Gasteiger partial charge in [-0.1, -0.05) is 24.3 Å². The van der Waals surface area contributed by atoms with Crippen molar-refractivity contribution in [3.05, 3.63) is 60.4 Å². The Morgan fingerprint density at radius 2 is 1.83 bits per heavy atom. The monoisotopic (exact) mass is 311 g/mol. The number of ether oxygens (including phenoxy) is 1. The summed E-state index contributed by atoms with van der Waals surface area (Å²) in [5.41, 5.74) is 1.75. The van der Waals surface area contributed by atoms with Gasteiger partial charge in [0.05, 0.1) is 24.9 Å². The lowest BCUT2D eigenvalue weighted by molar-refractivity contribution is 0.0544. The molecule has 0 bridgehead atoms. The van der Waals surface area contributed by atoms with Crippen molar-refractivity contribution in [2.45, 2.75) is 13.0 Å². The first kappa shape index (κ1) is 15.5. The predicted octanol–water partition coefficient (Wildman–Crippen LogP) is 3.10. The highest BCUT2D eigenvalue weighted by atomic mass is 16.5. The Morgan fingerprint density at radius 3 is 2.48 bits per heavy atom. The summed E-state index contributed by atoms with van der Waals surface area (Å²) in [5, 5.41) is 0. The maximum atomic E-state index is 13.1. The van der Waals surface area contributed by atoms with E-state index in [0.717, 1.165) is 11.4 Å². The topological polar surface area (TPSA) is 45.7 Å². The number of hydrogen-bond donors (Lipinski definition) is 0. The van der Waals surface area contributed by atoms with Gasteiger partial charge in [0.2, 0.25) is 0 Å². The van der Waals surface area contributed by atoms with Crippen molar-refractivity contribution in [2.24, 2.45) is 0 Å². The predicted molar refractivity (Wildman–Crippen MR) is 89.4 cm³/mol. The third-order valence-electron chi connectivity index (χ3n) is 4.03. The minimum absolute atomic E-state index is 0.00217. The lowest BCUT2D eigenvalue weighted by Crippen LogP contribution is -2.49. The molecule has 1 unspecified atom stereocenters. The number of aromatic nitrogens is 1. The lowest BCUT2D eigenvalue weighted by atomic mass is 10.1. The van der Waals surface area contributed by atoms with E-state index in [2.05, 4.69) is 4.98 Å². The number of para-hydroxylation sites is 1. The Bertz CT molecular complexity index is 627. The number of morpholine rings is 1. The van der Waals surface area contributed by atoms with E-state index in [9.17, 15) is 4.79 Å². The van der Waals surface area contributed by atoms with Crippen molar-refractivity contribution in [2.75, 3.05) is 31.2 Å². The molecule has 0 saturated carbocycles. The Kier molecular flexibility index (Phi) is 4.88. The van der Waals surface area contributed by atoms with Crippen molar-refractivity contribution < 1.29 is 9.53 Å². The molecule has 1 aromatic carbocycles. The zero-order valence-corrected chi connectivity index (χ0v) is 13.3. The van der Waals surface area contributed by atoms with Gasteiger partial charge in [0, 0.05) is 25.0 Å². The highest BCUT2D eigenvalue weighted by Gasteiger charge is 2.29. The number of benzene rings is 1. The van der Waals surface area contributed by atoms with Gasteiger partial charge in [-0.25, -0.2) is 4.79 Å². The van der Waals surface area contributed by atoms with E-state index < -0.39 is 0 Å². The molecule has 1 aromatic heterocycles. The third kappa shape index (κ3) is 3.51. The van der Waals surface area contributed by atoms with E-state index in [1.54, 1.807) is 6.20 Å². The molecule has 1 aliphatic heterocycles. The Hall–Kier alpha value is -2.40. The van der Waals surface area contributed by atoms with Gasteiger partial charge in [-0.2, -0.15) is 0 Å². The van der Waals surface area contributed by atoms with Gasteiger partial charge in [0.1, 0.15) is 0 Å². The maximum Gasteiger partial charge on any atom is 0.325 e. The van der Waals surface area contributed by atoms with Gasteiger partial charge in [0.15, 0.2) is 0 Å². The molecule has 0 N–H and O–H groups in total. The summed E-state index contributed by atoms with van der Waals surface area (Å²) in [6, 6.07) is 15.4. The fourth-order valence-electron chi connectivity index (χ4n) is 2.75. The number of nitrogens with zero attached hydrogens (tertiary/aromatic N) is 3. The van der Waals surface area contributed by atoms with Crippen LogP contribution in [0, 0.1) is 0 Å². The summed E-state index contributed by atoms with van der Waals surface area (Å²) in [4.78, 5) is 21.2. The van der Waals surface area contributed by atoms with Crippen molar-refractivity contribution in [1.29, 1.82) is 0 Å². The molecule has 23 heavy (non-hydrogen) atoms. The van der Waals surface area contributed by atoms with Gasteiger partial charge >= 0.3 is 6.03 Å². The first-order valence-corrected chi connectivity index (χ1v) is 7.89. The van der Waals surface area contributed by atoms with E-state index in [1.165, 1.54) is 0 Å². The van der Waals surface area contributed by atoms with Gasteiger partial charge in [-0.15, -0.1) is 0 Å². The molecular formula is C18H21N3O2. The number of amides is 2. The molecule has 5 nitrogen and oxygen atoms in total. The minimum atomic E-state index is -0.144. The molecule has 1 saturated heterocycles. The van der Waals surface area contributed by atoms with Crippen LogP contribution in [0.2, 0.25) is 0 Å². The average molecular weight is 311 g/mol. The van der Waals surface area contributed by atoms with E-state index >= 15 is 0 Å². The van der Waals surface area contributed by atoms with Gasteiger partial charge < -0.3 is 9.64 Å². The second-order valence-corrected chi connectivity index (χ2v) is 5.52. The maximum absolute atomic E-state index is 13.1. The number of carbonyl (C=O) groups is 1. The van der Waals surface area contributed by atoms with E-state index in [4.69, 9.17) is 4.74 Å². The summed E-state index contributed by atoms with van der Waals surface area (Å²) >= 11 is 0. The van der Waals surface area contributed by atoms with Crippen LogP contribution in [0.5, 0.6) is 0 Å². The third-order valence-corrected chi connectivity index (χ3v) is 4.03. The zero-order valence-electron chi connectivity index (χ0n) is 13.3. The van der Waals surface area contributed by atoms with Crippen LogP contribution in [0.15, 0.2) is 54.7 Å². The highest BCUT2D eigenvalue weighted by Crippen LogP contribution is 2.27. The second kappa shape index (κ2) is 7.24. The molecule has 1 aliphatic rings.